The average Bonchev–Trinajstić information content (AvgIpc) is 3.28. The van der Waals surface area contributed by atoms with E-state index in [4.69, 9.17) is 10.5 Å². The number of rotatable bonds is 9. The molecule has 5 rings (SSSR count). The number of nitrogens with zero attached hydrogens (tertiary/aromatic N) is 1. The Kier molecular flexibility index (Phi) is 8.53. The Balaban J connectivity index is 1.47. The number of alkyl halides is 1. The third-order valence-electron chi connectivity index (χ3n) is 8.10. The van der Waals surface area contributed by atoms with Crippen molar-refractivity contribution >= 4 is 11.3 Å². The molecule has 0 amide bonds. The number of hydrogen-bond donors (Lipinski definition) is 2. The highest BCUT2D eigenvalue weighted by molar-refractivity contribution is 5.87. The number of hydrogen-bond acceptors (Lipinski definition) is 4. The molecule has 0 spiro atoms. The van der Waals surface area contributed by atoms with Crippen LogP contribution >= 0.6 is 0 Å². The van der Waals surface area contributed by atoms with Gasteiger partial charge in [-0.1, -0.05) is 37.6 Å². The van der Waals surface area contributed by atoms with Crippen molar-refractivity contribution in [3.8, 4) is 5.75 Å². The number of nitrogens with two attached hydrogens (primary N) is 1. The number of dihydropyridines is 1. The summed E-state index contributed by atoms with van der Waals surface area (Å²) in [7, 11) is 0. The Bertz CT molecular complexity index is 1230. The number of fused-ring (bicyclic) bond motifs is 1. The summed E-state index contributed by atoms with van der Waals surface area (Å²) in [5.74, 6) is 0.904. The quantitative estimate of drug-likeness (QED) is 0.360. The summed E-state index contributed by atoms with van der Waals surface area (Å²) in [6.07, 6.45) is 9.61. The Labute approximate surface area is 227 Å². The smallest absolute Gasteiger partial charge is 0.119 e. The van der Waals surface area contributed by atoms with E-state index in [0.717, 1.165) is 76.1 Å². The van der Waals surface area contributed by atoms with Crippen LogP contribution in [-0.4, -0.2) is 43.9 Å². The second kappa shape index (κ2) is 12.2. The van der Waals surface area contributed by atoms with Crippen LogP contribution in [-0.2, 0) is 6.42 Å². The second-order valence-corrected chi connectivity index (χ2v) is 11.0. The van der Waals surface area contributed by atoms with Gasteiger partial charge < -0.3 is 15.8 Å². The molecule has 1 saturated heterocycles. The van der Waals surface area contributed by atoms with Gasteiger partial charge >= 0.3 is 0 Å². The molecule has 5 heteroatoms. The Morgan fingerprint density at radius 2 is 1.97 bits per heavy atom. The van der Waals surface area contributed by atoms with Crippen LogP contribution in [0.1, 0.15) is 69.1 Å². The van der Waals surface area contributed by atoms with Gasteiger partial charge in [-0.3, -0.25) is 9.29 Å². The number of likely N-dealkylation sites (tertiary alicyclic amines) is 1. The molecule has 1 atom stereocenters. The Hall–Kier alpha value is -3.05. The number of benzene rings is 2. The molecule has 4 nitrogen and oxygen atoms in total. The molecule has 2 aromatic rings. The van der Waals surface area contributed by atoms with Crippen LogP contribution in [0.5, 0.6) is 5.75 Å². The normalized spacial score (nSPS) is 20.2. The molecule has 2 aromatic carbocycles. The van der Waals surface area contributed by atoms with Gasteiger partial charge in [0.05, 0.1) is 6.67 Å². The van der Waals surface area contributed by atoms with Crippen molar-refractivity contribution in [1.82, 2.24) is 10.2 Å². The van der Waals surface area contributed by atoms with Crippen LogP contribution in [0.4, 0.5) is 10.1 Å². The van der Waals surface area contributed by atoms with E-state index in [1.807, 2.05) is 6.07 Å². The SMILES string of the molecule is CCCC1=C(C)C=C(C2=C(c3ccc(OC4CCN(CCCF)C4)cc3)c3ccc(N)cc3CCC2)CN1. The lowest BCUT2D eigenvalue weighted by atomic mass is 9.86. The third-order valence-corrected chi connectivity index (χ3v) is 8.10. The molecule has 2 aliphatic heterocycles. The highest BCUT2D eigenvalue weighted by atomic mass is 19.1. The molecule has 3 aliphatic rings. The number of anilines is 1. The largest absolute Gasteiger partial charge is 0.489 e. The van der Waals surface area contributed by atoms with Crippen molar-refractivity contribution in [3.05, 3.63) is 87.6 Å². The molecule has 0 radical (unpaired) electrons. The summed E-state index contributed by atoms with van der Waals surface area (Å²) in [6, 6.07) is 15.1. The van der Waals surface area contributed by atoms with Gasteiger partial charge in [0.1, 0.15) is 11.9 Å². The fourth-order valence-electron chi connectivity index (χ4n) is 6.20. The fraction of sp³-hybridized carbons (Fsp3) is 0.455. The molecule has 1 unspecified atom stereocenters. The van der Waals surface area contributed by atoms with Gasteiger partial charge in [0.2, 0.25) is 0 Å². The molecule has 0 bridgehead atoms. The average molecular weight is 516 g/mol. The molecule has 3 N–H and O–H groups in total. The van der Waals surface area contributed by atoms with Gasteiger partial charge in [-0.2, -0.15) is 0 Å². The molecule has 1 fully saturated rings. The summed E-state index contributed by atoms with van der Waals surface area (Å²) in [5, 5.41) is 3.72. The van der Waals surface area contributed by atoms with E-state index in [-0.39, 0.29) is 12.8 Å². The summed E-state index contributed by atoms with van der Waals surface area (Å²) in [6.45, 7) is 7.76. The van der Waals surface area contributed by atoms with Crippen molar-refractivity contribution in [3.63, 3.8) is 0 Å². The van der Waals surface area contributed by atoms with Gasteiger partial charge in [-0.15, -0.1) is 0 Å². The standard InChI is InChI=1S/C33H42FN3O/c1-3-6-32-23(2)19-26(21-36-32)30-8-4-7-25-20-27(35)11-14-31(25)33(30)24-9-12-28(13-10-24)38-29-15-18-37(22-29)17-5-16-34/h9-14,19-20,29,36H,3-8,15-18,21-22,35H2,1-2H3. The zero-order valence-electron chi connectivity index (χ0n) is 23.0. The number of nitrogen functional groups attached to an aromatic ring is 1. The predicted molar refractivity (Wildman–Crippen MR) is 156 cm³/mol. The van der Waals surface area contributed by atoms with Gasteiger partial charge in [0, 0.05) is 37.6 Å². The molecular weight excluding hydrogens is 473 g/mol. The molecule has 0 aromatic heterocycles. The van der Waals surface area contributed by atoms with Crippen molar-refractivity contribution in [1.29, 1.82) is 0 Å². The topological polar surface area (TPSA) is 50.5 Å². The highest BCUT2D eigenvalue weighted by Crippen LogP contribution is 2.40. The number of aryl methyl sites for hydroxylation is 1. The molecular formula is C33H42FN3O. The van der Waals surface area contributed by atoms with Gasteiger partial charge in [0.25, 0.3) is 0 Å². The summed E-state index contributed by atoms with van der Waals surface area (Å²) >= 11 is 0. The first kappa shape index (κ1) is 26.6. The van der Waals surface area contributed by atoms with Crippen LogP contribution < -0.4 is 15.8 Å². The minimum atomic E-state index is -0.250. The minimum absolute atomic E-state index is 0.169. The first-order valence-electron chi connectivity index (χ1n) is 14.4. The van der Waals surface area contributed by atoms with E-state index in [1.54, 1.807) is 0 Å². The first-order valence-corrected chi connectivity index (χ1v) is 14.4. The molecule has 1 aliphatic carbocycles. The van der Waals surface area contributed by atoms with Crippen LogP contribution in [0, 0.1) is 0 Å². The first-order chi connectivity index (χ1) is 18.6. The van der Waals surface area contributed by atoms with Crippen LogP contribution in [0.15, 0.2) is 71.0 Å². The second-order valence-electron chi connectivity index (χ2n) is 11.0. The zero-order chi connectivity index (χ0) is 26.5. The van der Waals surface area contributed by atoms with Gasteiger partial charge in [0.15, 0.2) is 0 Å². The molecule has 38 heavy (non-hydrogen) atoms. The van der Waals surface area contributed by atoms with E-state index in [9.17, 15) is 4.39 Å². The lowest BCUT2D eigenvalue weighted by Gasteiger charge is -2.25. The number of halogens is 1. The minimum Gasteiger partial charge on any atom is -0.489 e. The van der Waals surface area contributed by atoms with Gasteiger partial charge in [-0.25, -0.2) is 0 Å². The van der Waals surface area contributed by atoms with Gasteiger partial charge in [-0.05, 0) is 109 Å². The lowest BCUT2D eigenvalue weighted by Crippen LogP contribution is -2.26. The van der Waals surface area contributed by atoms with Crippen LogP contribution in [0.2, 0.25) is 0 Å². The third kappa shape index (κ3) is 5.99. The Morgan fingerprint density at radius 3 is 2.74 bits per heavy atom. The molecule has 202 valence electrons. The zero-order valence-corrected chi connectivity index (χ0v) is 23.0. The van der Waals surface area contributed by atoms with E-state index in [0.29, 0.717) is 6.42 Å². The molecule has 2 heterocycles. The maximum atomic E-state index is 12.6. The predicted octanol–water partition coefficient (Wildman–Crippen LogP) is 6.82. The molecule has 0 saturated carbocycles. The van der Waals surface area contributed by atoms with E-state index in [1.165, 1.54) is 44.7 Å². The summed E-state index contributed by atoms with van der Waals surface area (Å²) in [5.41, 5.74) is 17.7. The van der Waals surface area contributed by atoms with Crippen LogP contribution in [0.25, 0.3) is 5.57 Å². The lowest BCUT2D eigenvalue weighted by molar-refractivity contribution is 0.198. The van der Waals surface area contributed by atoms with E-state index < -0.39 is 0 Å². The summed E-state index contributed by atoms with van der Waals surface area (Å²) < 4.78 is 18.9. The Morgan fingerprint density at radius 1 is 1.13 bits per heavy atom. The van der Waals surface area contributed by atoms with Crippen LogP contribution in [0.3, 0.4) is 0 Å². The number of nitrogens with one attached hydrogen (secondary N) is 1. The summed E-state index contributed by atoms with van der Waals surface area (Å²) in [4.78, 5) is 2.30. The monoisotopic (exact) mass is 515 g/mol. The van der Waals surface area contributed by atoms with Crippen molar-refractivity contribution < 1.29 is 9.13 Å². The highest BCUT2D eigenvalue weighted by Gasteiger charge is 2.25. The van der Waals surface area contributed by atoms with Crippen molar-refractivity contribution in [2.24, 2.45) is 0 Å². The van der Waals surface area contributed by atoms with Crippen molar-refractivity contribution in [2.45, 2.75) is 64.9 Å². The maximum Gasteiger partial charge on any atom is 0.119 e. The maximum absolute atomic E-state index is 12.6. The fourth-order valence-corrected chi connectivity index (χ4v) is 6.20. The van der Waals surface area contributed by atoms with E-state index >= 15 is 0 Å². The van der Waals surface area contributed by atoms with E-state index in [2.05, 4.69) is 66.5 Å². The van der Waals surface area contributed by atoms with Crippen molar-refractivity contribution in [2.75, 3.05) is 38.6 Å². The number of allylic oxidation sites excluding steroid dienone is 3. The number of ether oxygens (including phenoxy) is 1.